The van der Waals surface area contributed by atoms with Crippen molar-refractivity contribution in [2.45, 2.75) is 38.1 Å². The van der Waals surface area contributed by atoms with E-state index in [9.17, 15) is 0 Å². The van der Waals surface area contributed by atoms with E-state index in [1.165, 1.54) is 32.4 Å². The van der Waals surface area contributed by atoms with Crippen molar-refractivity contribution in [2.75, 3.05) is 26.7 Å². The van der Waals surface area contributed by atoms with Crippen LogP contribution in [0.4, 0.5) is 0 Å². The summed E-state index contributed by atoms with van der Waals surface area (Å²) in [5, 5.41) is 3.38. The zero-order valence-electron chi connectivity index (χ0n) is 12.2. The van der Waals surface area contributed by atoms with Crippen LogP contribution < -0.4 is 5.32 Å². The highest BCUT2D eigenvalue weighted by molar-refractivity contribution is 5.32. The van der Waals surface area contributed by atoms with Gasteiger partial charge in [0.25, 0.3) is 0 Å². The number of rotatable bonds is 5. The fourth-order valence-electron chi connectivity index (χ4n) is 3.65. The lowest BCUT2D eigenvalue weighted by Crippen LogP contribution is -2.29. The lowest BCUT2D eigenvalue weighted by molar-refractivity contribution is 0.238. The van der Waals surface area contributed by atoms with Crippen LogP contribution in [0.3, 0.4) is 0 Å². The quantitative estimate of drug-likeness (QED) is 0.872. The van der Waals surface area contributed by atoms with Gasteiger partial charge in [-0.25, -0.2) is 0 Å². The third-order valence-corrected chi connectivity index (χ3v) is 4.80. The first kappa shape index (κ1) is 13.1. The Labute approximate surface area is 117 Å². The van der Waals surface area contributed by atoms with Crippen molar-refractivity contribution in [1.82, 2.24) is 10.2 Å². The number of nitrogens with zero attached hydrogens (tertiary/aromatic N) is 1. The van der Waals surface area contributed by atoms with Gasteiger partial charge in [-0.15, -0.1) is 0 Å². The van der Waals surface area contributed by atoms with Crippen LogP contribution in [-0.2, 0) is 0 Å². The molecular formula is C17H26N2. The molecule has 0 radical (unpaired) electrons. The van der Waals surface area contributed by atoms with Crippen molar-refractivity contribution in [3.05, 3.63) is 35.4 Å². The van der Waals surface area contributed by atoms with E-state index in [0.717, 1.165) is 18.4 Å². The van der Waals surface area contributed by atoms with Gasteiger partial charge >= 0.3 is 0 Å². The number of hydrogen-bond donors (Lipinski definition) is 1. The molecule has 0 aromatic heterocycles. The molecule has 1 N–H and O–H groups in total. The van der Waals surface area contributed by atoms with Crippen LogP contribution in [0.25, 0.3) is 0 Å². The number of benzene rings is 1. The average molecular weight is 258 g/mol. The van der Waals surface area contributed by atoms with Gasteiger partial charge in [0.05, 0.1) is 0 Å². The first-order valence-electron chi connectivity index (χ1n) is 7.82. The molecular weight excluding hydrogens is 232 g/mol. The number of hydrogen-bond acceptors (Lipinski definition) is 2. The van der Waals surface area contributed by atoms with E-state index < -0.39 is 0 Å². The Morgan fingerprint density at radius 3 is 2.68 bits per heavy atom. The first-order valence-corrected chi connectivity index (χ1v) is 7.82. The van der Waals surface area contributed by atoms with Gasteiger partial charge in [-0.05, 0) is 68.9 Å². The van der Waals surface area contributed by atoms with Gasteiger partial charge in [-0.1, -0.05) is 31.2 Å². The third kappa shape index (κ3) is 2.70. The molecule has 2 atom stereocenters. The molecule has 1 aromatic rings. The van der Waals surface area contributed by atoms with Gasteiger partial charge in [-0.2, -0.15) is 0 Å². The Balaban J connectivity index is 1.85. The van der Waals surface area contributed by atoms with E-state index in [2.05, 4.69) is 48.5 Å². The van der Waals surface area contributed by atoms with Gasteiger partial charge in [0.1, 0.15) is 0 Å². The maximum Gasteiger partial charge on any atom is 0.0388 e. The lowest BCUT2D eigenvalue weighted by atomic mass is 9.92. The van der Waals surface area contributed by atoms with Gasteiger partial charge in [0.15, 0.2) is 0 Å². The van der Waals surface area contributed by atoms with Gasteiger partial charge in [0, 0.05) is 6.04 Å². The summed E-state index contributed by atoms with van der Waals surface area (Å²) < 4.78 is 0. The average Bonchev–Trinajstić information content (AvgIpc) is 3.21. The van der Waals surface area contributed by atoms with Crippen LogP contribution in [0, 0.1) is 5.92 Å². The third-order valence-electron chi connectivity index (χ3n) is 4.80. The molecule has 2 unspecified atom stereocenters. The molecule has 0 bridgehead atoms. The van der Waals surface area contributed by atoms with Crippen LogP contribution >= 0.6 is 0 Å². The highest BCUT2D eigenvalue weighted by atomic mass is 15.2. The molecule has 104 valence electrons. The second-order valence-electron chi connectivity index (χ2n) is 6.12. The first-order chi connectivity index (χ1) is 9.33. The van der Waals surface area contributed by atoms with Crippen LogP contribution in [0.15, 0.2) is 24.3 Å². The summed E-state index contributed by atoms with van der Waals surface area (Å²) >= 11 is 0. The number of nitrogens with one attached hydrogen (secondary N) is 1. The van der Waals surface area contributed by atoms with Gasteiger partial charge in [-0.3, -0.25) is 4.90 Å². The fourth-order valence-corrected chi connectivity index (χ4v) is 3.65. The maximum atomic E-state index is 3.38. The minimum atomic E-state index is 0.621. The van der Waals surface area contributed by atoms with Crippen molar-refractivity contribution >= 4 is 0 Å². The van der Waals surface area contributed by atoms with E-state index >= 15 is 0 Å². The molecule has 2 heteroatoms. The van der Waals surface area contributed by atoms with Crippen molar-refractivity contribution in [2.24, 2.45) is 5.92 Å². The Bertz CT molecular complexity index is 425. The zero-order chi connectivity index (χ0) is 13.2. The molecule has 1 saturated heterocycles. The predicted molar refractivity (Wildman–Crippen MR) is 80.4 cm³/mol. The van der Waals surface area contributed by atoms with E-state index in [1.807, 2.05) is 0 Å². The van der Waals surface area contributed by atoms with Crippen molar-refractivity contribution in [3.8, 4) is 0 Å². The summed E-state index contributed by atoms with van der Waals surface area (Å²) in [6, 6.07) is 10.0. The van der Waals surface area contributed by atoms with Crippen LogP contribution in [-0.4, -0.2) is 31.6 Å². The smallest absolute Gasteiger partial charge is 0.0388 e. The van der Waals surface area contributed by atoms with Crippen molar-refractivity contribution in [3.63, 3.8) is 0 Å². The van der Waals surface area contributed by atoms with Crippen LogP contribution in [0.2, 0.25) is 0 Å². The van der Waals surface area contributed by atoms with Gasteiger partial charge < -0.3 is 5.32 Å². The molecule has 2 aliphatic rings. The van der Waals surface area contributed by atoms with E-state index in [1.54, 1.807) is 11.1 Å². The molecule has 1 heterocycles. The molecule has 0 amide bonds. The van der Waals surface area contributed by atoms with E-state index in [-0.39, 0.29) is 0 Å². The highest BCUT2D eigenvalue weighted by Crippen LogP contribution is 2.42. The summed E-state index contributed by atoms with van der Waals surface area (Å²) in [5.41, 5.74) is 3.12. The van der Waals surface area contributed by atoms with E-state index in [0.29, 0.717) is 6.04 Å². The minimum absolute atomic E-state index is 0.621. The van der Waals surface area contributed by atoms with Gasteiger partial charge in [0.2, 0.25) is 0 Å². The van der Waals surface area contributed by atoms with Crippen molar-refractivity contribution in [1.29, 1.82) is 0 Å². The Morgan fingerprint density at radius 1 is 1.21 bits per heavy atom. The molecule has 3 rings (SSSR count). The molecule has 2 nitrogen and oxygen atoms in total. The summed E-state index contributed by atoms with van der Waals surface area (Å²) in [5.74, 6) is 1.62. The molecule has 2 fully saturated rings. The highest BCUT2D eigenvalue weighted by Gasteiger charge is 2.34. The number of likely N-dealkylation sites (tertiary alicyclic amines) is 1. The zero-order valence-corrected chi connectivity index (χ0v) is 12.2. The monoisotopic (exact) mass is 258 g/mol. The van der Waals surface area contributed by atoms with Crippen molar-refractivity contribution < 1.29 is 0 Å². The van der Waals surface area contributed by atoms with E-state index in [4.69, 9.17) is 0 Å². The standard InChI is InChI=1S/C17H26N2/c1-3-19-10-9-16(12-18-2)17(19)15-6-4-5-14(11-15)13-7-8-13/h4-6,11,13,16-18H,3,7-10,12H2,1-2H3. The maximum absolute atomic E-state index is 3.38. The SMILES string of the molecule is CCN1CCC(CNC)C1c1cccc(C2CC2)c1. The molecule has 1 aliphatic carbocycles. The minimum Gasteiger partial charge on any atom is -0.319 e. The fraction of sp³-hybridized carbons (Fsp3) is 0.647. The summed E-state index contributed by atoms with van der Waals surface area (Å²) in [4.78, 5) is 2.65. The molecule has 1 aromatic carbocycles. The summed E-state index contributed by atoms with van der Waals surface area (Å²) in [7, 11) is 2.08. The lowest BCUT2D eigenvalue weighted by Gasteiger charge is -2.28. The summed E-state index contributed by atoms with van der Waals surface area (Å²) in [6.45, 7) is 5.84. The molecule has 1 aliphatic heterocycles. The molecule has 1 saturated carbocycles. The topological polar surface area (TPSA) is 15.3 Å². The van der Waals surface area contributed by atoms with Crippen LogP contribution in [0.1, 0.15) is 49.3 Å². The summed E-state index contributed by atoms with van der Waals surface area (Å²) in [6.07, 6.45) is 4.12. The Hall–Kier alpha value is -0.860. The van der Waals surface area contributed by atoms with Crippen LogP contribution in [0.5, 0.6) is 0 Å². The Morgan fingerprint density at radius 2 is 2.00 bits per heavy atom. The molecule has 0 spiro atoms. The Kier molecular flexibility index (Phi) is 3.90. The molecule has 19 heavy (non-hydrogen) atoms. The second kappa shape index (κ2) is 5.64. The normalized spacial score (nSPS) is 27.9. The largest absolute Gasteiger partial charge is 0.319 e. The predicted octanol–water partition coefficient (Wildman–Crippen LogP) is 3.17. The second-order valence-corrected chi connectivity index (χ2v) is 6.12.